The lowest BCUT2D eigenvalue weighted by Gasteiger charge is -2.44. The highest BCUT2D eigenvalue weighted by atomic mass is 35.5. The molecule has 1 aromatic heterocycles. The lowest BCUT2D eigenvalue weighted by molar-refractivity contribution is 0.0951. The van der Waals surface area contributed by atoms with E-state index in [2.05, 4.69) is 20.9 Å². The molecular weight excluding hydrogens is 578 g/mol. The smallest absolute Gasteiger partial charge is 0.323 e. The lowest BCUT2D eigenvalue weighted by Crippen LogP contribution is -2.47. The SMILES string of the molecule is CCOc1ccc(NC(=O)Nc2cc(C(=O)NCc3ccccc3Cl)ccc2N2CC3CC(C2)c2cccc(=O)n2C3)cc1. The number of ether oxygens (including phenoxy) is 1. The zero-order valence-corrected chi connectivity index (χ0v) is 25.1. The van der Waals surface area contributed by atoms with Gasteiger partial charge in [0.05, 0.1) is 18.0 Å². The molecule has 3 amide bonds. The normalized spacial score (nSPS) is 16.9. The number of halogens is 1. The van der Waals surface area contributed by atoms with Gasteiger partial charge in [-0.05, 0) is 79.4 Å². The average molecular weight is 612 g/mol. The molecule has 2 aliphatic heterocycles. The van der Waals surface area contributed by atoms with Crippen LogP contribution in [0.15, 0.2) is 89.7 Å². The summed E-state index contributed by atoms with van der Waals surface area (Å²) < 4.78 is 7.39. The first kappa shape index (κ1) is 29.3. The first-order valence-corrected chi connectivity index (χ1v) is 15.2. The van der Waals surface area contributed by atoms with E-state index in [0.717, 1.165) is 35.7 Å². The molecule has 2 bridgehead atoms. The van der Waals surface area contributed by atoms with Crippen molar-refractivity contribution in [1.29, 1.82) is 0 Å². The van der Waals surface area contributed by atoms with E-state index in [0.29, 0.717) is 41.7 Å². The number of carbonyl (C=O) groups is 2. The Balaban J connectivity index is 1.25. The monoisotopic (exact) mass is 611 g/mol. The highest BCUT2D eigenvalue weighted by molar-refractivity contribution is 6.31. The van der Waals surface area contributed by atoms with Crippen LogP contribution in [0.5, 0.6) is 5.75 Å². The van der Waals surface area contributed by atoms with Crippen molar-refractivity contribution in [3.05, 3.63) is 117 Å². The first-order chi connectivity index (χ1) is 21.4. The molecule has 226 valence electrons. The highest BCUT2D eigenvalue weighted by Gasteiger charge is 2.35. The van der Waals surface area contributed by atoms with Crippen LogP contribution >= 0.6 is 11.6 Å². The fourth-order valence-electron chi connectivity index (χ4n) is 6.15. The van der Waals surface area contributed by atoms with Crippen molar-refractivity contribution in [1.82, 2.24) is 9.88 Å². The van der Waals surface area contributed by atoms with Gasteiger partial charge in [0, 0.05) is 60.1 Å². The standard InChI is InChI=1S/C34H34ClN5O4/c1-2-44-27-13-11-26(12-14-27)37-34(43)38-29-17-23(33(42)36-18-24-6-3-4-7-28(24)35)10-15-31(29)39-19-22-16-25(21-39)30-8-5-9-32(41)40(30)20-22/h3-15,17,22,25H,2,16,18-21H2,1H3,(H,36,42)(H2,37,38,43). The van der Waals surface area contributed by atoms with E-state index in [1.165, 1.54) is 0 Å². The van der Waals surface area contributed by atoms with E-state index in [-0.39, 0.29) is 29.8 Å². The van der Waals surface area contributed by atoms with E-state index < -0.39 is 6.03 Å². The van der Waals surface area contributed by atoms with Crippen LogP contribution in [-0.4, -0.2) is 36.2 Å². The van der Waals surface area contributed by atoms with Gasteiger partial charge < -0.3 is 30.2 Å². The summed E-state index contributed by atoms with van der Waals surface area (Å²) in [7, 11) is 0. The van der Waals surface area contributed by atoms with Gasteiger partial charge in [0.25, 0.3) is 11.5 Å². The Hall–Kier alpha value is -4.76. The number of benzene rings is 3. The van der Waals surface area contributed by atoms with E-state index in [1.807, 2.05) is 47.9 Å². The molecule has 0 radical (unpaired) electrons. The van der Waals surface area contributed by atoms with Crippen LogP contribution in [-0.2, 0) is 13.1 Å². The average Bonchev–Trinajstić information content (AvgIpc) is 3.02. The molecule has 6 rings (SSSR count). The quantitative estimate of drug-likeness (QED) is 0.223. The van der Waals surface area contributed by atoms with Crippen molar-refractivity contribution < 1.29 is 14.3 Å². The van der Waals surface area contributed by atoms with Crippen LogP contribution in [0.4, 0.5) is 21.9 Å². The van der Waals surface area contributed by atoms with Crippen LogP contribution in [0.1, 0.15) is 40.9 Å². The van der Waals surface area contributed by atoms with Gasteiger partial charge in [-0.15, -0.1) is 0 Å². The zero-order chi connectivity index (χ0) is 30.6. The Bertz CT molecular complexity index is 1740. The summed E-state index contributed by atoms with van der Waals surface area (Å²) in [4.78, 5) is 41.2. The van der Waals surface area contributed by atoms with Crippen molar-refractivity contribution in [2.45, 2.75) is 32.4 Å². The second-order valence-corrected chi connectivity index (χ2v) is 11.6. The third kappa shape index (κ3) is 6.43. The Morgan fingerprint density at radius 1 is 0.932 bits per heavy atom. The second kappa shape index (κ2) is 12.9. The number of pyridine rings is 1. The van der Waals surface area contributed by atoms with Crippen LogP contribution in [0, 0.1) is 5.92 Å². The van der Waals surface area contributed by atoms with Crippen molar-refractivity contribution in [2.24, 2.45) is 5.92 Å². The number of anilines is 3. The summed E-state index contributed by atoms with van der Waals surface area (Å²) >= 11 is 6.28. The summed E-state index contributed by atoms with van der Waals surface area (Å²) in [6.07, 6.45) is 1.00. The Labute approximate surface area is 260 Å². The molecule has 0 saturated carbocycles. The molecule has 4 aromatic rings. The summed E-state index contributed by atoms with van der Waals surface area (Å²) in [6, 6.07) is 24.9. The molecular formula is C34H34ClN5O4. The van der Waals surface area contributed by atoms with Crippen LogP contribution in [0.25, 0.3) is 0 Å². The lowest BCUT2D eigenvalue weighted by atomic mass is 9.83. The number of aromatic nitrogens is 1. The molecule has 2 atom stereocenters. The minimum atomic E-state index is -0.432. The number of nitrogens with one attached hydrogen (secondary N) is 3. The largest absolute Gasteiger partial charge is 0.494 e. The minimum absolute atomic E-state index is 0.0334. The van der Waals surface area contributed by atoms with Gasteiger partial charge in [-0.3, -0.25) is 9.59 Å². The van der Waals surface area contributed by atoms with Crippen molar-refractivity contribution in [3.63, 3.8) is 0 Å². The molecule has 3 N–H and O–H groups in total. The number of carbonyl (C=O) groups excluding carboxylic acids is 2. The second-order valence-electron chi connectivity index (χ2n) is 11.1. The van der Waals surface area contributed by atoms with Gasteiger partial charge in [-0.1, -0.05) is 35.9 Å². The minimum Gasteiger partial charge on any atom is -0.494 e. The Morgan fingerprint density at radius 3 is 2.55 bits per heavy atom. The van der Waals surface area contributed by atoms with E-state index in [4.69, 9.17) is 16.3 Å². The summed E-state index contributed by atoms with van der Waals surface area (Å²) in [6.45, 7) is 4.81. The van der Waals surface area contributed by atoms with Gasteiger partial charge in [-0.2, -0.15) is 0 Å². The van der Waals surface area contributed by atoms with E-state index >= 15 is 0 Å². The number of nitrogens with zero attached hydrogens (tertiary/aromatic N) is 2. The van der Waals surface area contributed by atoms with E-state index in [9.17, 15) is 14.4 Å². The van der Waals surface area contributed by atoms with Crippen LogP contribution in [0.2, 0.25) is 5.02 Å². The highest BCUT2D eigenvalue weighted by Crippen LogP contribution is 2.39. The van der Waals surface area contributed by atoms with Crippen molar-refractivity contribution in [3.8, 4) is 5.75 Å². The Morgan fingerprint density at radius 2 is 1.75 bits per heavy atom. The maximum absolute atomic E-state index is 13.2. The molecule has 2 unspecified atom stereocenters. The fourth-order valence-corrected chi connectivity index (χ4v) is 6.35. The topological polar surface area (TPSA) is 105 Å². The molecule has 0 aliphatic carbocycles. The number of hydrogen-bond acceptors (Lipinski definition) is 5. The molecule has 1 saturated heterocycles. The third-order valence-electron chi connectivity index (χ3n) is 8.15. The molecule has 9 nitrogen and oxygen atoms in total. The summed E-state index contributed by atoms with van der Waals surface area (Å²) in [5, 5.41) is 9.37. The number of fused-ring (bicyclic) bond motifs is 4. The first-order valence-electron chi connectivity index (χ1n) is 14.8. The Kier molecular flexibility index (Phi) is 8.56. The number of piperidine rings is 1. The van der Waals surface area contributed by atoms with Crippen molar-refractivity contribution >= 4 is 40.6 Å². The van der Waals surface area contributed by atoms with Gasteiger partial charge in [0.15, 0.2) is 0 Å². The fraction of sp³-hybridized carbons (Fsp3) is 0.265. The maximum atomic E-state index is 13.2. The summed E-state index contributed by atoms with van der Waals surface area (Å²) in [5.41, 5.74) is 4.23. The number of hydrogen-bond donors (Lipinski definition) is 3. The molecule has 10 heteroatoms. The molecule has 1 fully saturated rings. The van der Waals surface area contributed by atoms with Gasteiger partial charge in [-0.25, -0.2) is 4.79 Å². The zero-order valence-electron chi connectivity index (χ0n) is 24.4. The molecule has 0 spiro atoms. The number of rotatable bonds is 8. The summed E-state index contributed by atoms with van der Waals surface area (Å²) in [5.74, 6) is 0.900. The van der Waals surface area contributed by atoms with Gasteiger partial charge in [0.2, 0.25) is 0 Å². The van der Waals surface area contributed by atoms with Crippen LogP contribution in [0.3, 0.4) is 0 Å². The van der Waals surface area contributed by atoms with Gasteiger partial charge >= 0.3 is 6.03 Å². The molecule has 44 heavy (non-hydrogen) atoms. The molecule has 3 heterocycles. The predicted octanol–water partition coefficient (Wildman–Crippen LogP) is 6.10. The van der Waals surface area contributed by atoms with E-state index in [1.54, 1.807) is 48.5 Å². The number of urea groups is 1. The van der Waals surface area contributed by atoms with Crippen LogP contribution < -0.4 is 31.1 Å². The maximum Gasteiger partial charge on any atom is 0.323 e. The number of amides is 3. The third-order valence-corrected chi connectivity index (χ3v) is 8.52. The molecule has 3 aromatic carbocycles. The molecule has 2 aliphatic rings. The predicted molar refractivity (Wildman–Crippen MR) is 173 cm³/mol. The van der Waals surface area contributed by atoms with Crippen molar-refractivity contribution in [2.75, 3.05) is 35.2 Å². The van der Waals surface area contributed by atoms with Gasteiger partial charge in [0.1, 0.15) is 5.75 Å².